The minimum atomic E-state index is -1.17. The highest BCUT2D eigenvalue weighted by atomic mass is 32.1. The summed E-state index contributed by atoms with van der Waals surface area (Å²) in [5, 5.41) is 24.7. The Bertz CT molecular complexity index is 975. The molecule has 2 fully saturated rings. The summed E-state index contributed by atoms with van der Waals surface area (Å²) < 4.78 is 20.0. The second-order valence-electron chi connectivity index (χ2n) is 11.6. The van der Waals surface area contributed by atoms with Crippen LogP contribution in [0.25, 0.3) is 6.08 Å². The predicted octanol–water partition coefficient (Wildman–Crippen LogP) is 5.09. The molecule has 1 aromatic rings. The molecule has 1 saturated carbocycles. The third kappa shape index (κ3) is 6.50. The van der Waals surface area contributed by atoms with E-state index in [2.05, 4.69) is 4.98 Å². The van der Waals surface area contributed by atoms with Gasteiger partial charge in [-0.25, -0.2) is 9.37 Å². The summed E-state index contributed by atoms with van der Waals surface area (Å²) in [6.45, 7) is 10.2. The lowest BCUT2D eigenvalue weighted by atomic mass is 9.72. The first-order valence-electron chi connectivity index (χ1n) is 13.1. The number of allylic oxidation sites excluding steroid dienone is 1. The van der Waals surface area contributed by atoms with Crippen molar-refractivity contribution < 1.29 is 28.9 Å². The highest BCUT2D eigenvalue weighted by Gasteiger charge is 2.56. The van der Waals surface area contributed by atoms with Crippen molar-refractivity contribution in [3.63, 3.8) is 0 Å². The number of epoxide rings is 1. The van der Waals surface area contributed by atoms with Crippen molar-refractivity contribution in [3.05, 3.63) is 21.7 Å². The van der Waals surface area contributed by atoms with Gasteiger partial charge in [0.05, 0.1) is 34.4 Å². The van der Waals surface area contributed by atoms with Gasteiger partial charge in [-0.15, -0.1) is 11.3 Å². The lowest BCUT2D eigenvalue weighted by Crippen LogP contribution is -2.45. The quantitative estimate of drug-likeness (QED) is 0.536. The molecule has 3 rings (SSSR count). The third-order valence-electron chi connectivity index (χ3n) is 8.42. The van der Waals surface area contributed by atoms with E-state index in [4.69, 9.17) is 4.74 Å². The average Bonchev–Trinajstić information content (AvgIpc) is 3.35. The Morgan fingerprint density at radius 1 is 1.28 bits per heavy atom. The maximum Gasteiger partial charge on any atom is 0.146 e. The van der Waals surface area contributed by atoms with Gasteiger partial charge in [0.25, 0.3) is 0 Å². The van der Waals surface area contributed by atoms with Gasteiger partial charge in [-0.05, 0) is 51.0 Å². The van der Waals surface area contributed by atoms with Crippen LogP contribution in [0.2, 0.25) is 0 Å². The third-order valence-corrected chi connectivity index (χ3v) is 9.21. The number of hydrogen-bond donors (Lipinski definition) is 2. The first kappa shape index (κ1) is 29.1. The molecule has 0 amide bonds. The summed E-state index contributed by atoms with van der Waals surface area (Å²) in [6.07, 6.45) is 2.01. The Hall–Kier alpha value is -1.48. The molecule has 202 valence electrons. The van der Waals surface area contributed by atoms with Gasteiger partial charge in [-0.1, -0.05) is 39.7 Å². The predicted molar refractivity (Wildman–Crippen MR) is 139 cm³/mol. The van der Waals surface area contributed by atoms with Gasteiger partial charge in [-0.2, -0.15) is 0 Å². The van der Waals surface area contributed by atoms with Crippen LogP contribution in [-0.4, -0.2) is 57.4 Å². The number of halogens is 1. The molecule has 1 aromatic heterocycles. The van der Waals surface area contributed by atoms with Crippen molar-refractivity contribution in [3.8, 4) is 0 Å². The van der Waals surface area contributed by atoms with Crippen LogP contribution in [0.15, 0.2) is 11.0 Å². The Morgan fingerprint density at radius 3 is 2.58 bits per heavy atom. The molecular formula is C28H42FNO5S. The molecule has 6 nitrogen and oxygen atoms in total. The van der Waals surface area contributed by atoms with Gasteiger partial charge in [0.15, 0.2) is 0 Å². The van der Waals surface area contributed by atoms with Crippen molar-refractivity contribution in [2.75, 3.05) is 6.67 Å². The van der Waals surface area contributed by atoms with Crippen LogP contribution in [0.3, 0.4) is 0 Å². The smallest absolute Gasteiger partial charge is 0.146 e. The largest absolute Gasteiger partial charge is 0.392 e. The van der Waals surface area contributed by atoms with E-state index in [9.17, 15) is 24.2 Å². The number of carbonyl (C=O) groups excluding carboxylic acids is 2. The number of aliphatic hydroxyl groups excluding tert-OH is 2. The van der Waals surface area contributed by atoms with E-state index in [1.165, 1.54) is 0 Å². The Kier molecular flexibility index (Phi) is 9.29. The highest BCUT2D eigenvalue weighted by molar-refractivity contribution is 7.09. The van der Waals surface area contributed by atoms with Gasteiger partial charge >= 0.3 is 0 Å². The molecule has 4 unspecified atom stereocenters. The molecule has 8 heteroatoms. The van der Waals surface area contributed by atoms with Gasteiger partial charge in [-0.3, -0.25) is 9.59 Å². The second kappa shape index (κ2) is 11.5. The van der Waals surface area contributed by atoms with Crippen LogP contribution in [0.5, 0.6) is 0 Å². The second-order valence-corrected chi connectivity index (χ2v) is 12.7. The lowest BCUT2D eigenvalue weighted by Gasteiger charge is -2.34. The molecule has 1 aliphatic carbocycles. The van der Waals surface area contributed by atoms with Crippen LogP contribution in [0, 0.1) is 30.1 Å². The first-order chi connectivity index (χ1) is 16.8. The monoisotopic (exact) mass is 523 g/mol. The van der Waals surface area contributed by atoms with Crippen LogP contribution >= 0.6 is 11.3 Å². The van der Waals surface area contributed by atoms with Crippen LogP contribution in [-0.2, 0) is 14.3 Å². The molecule has 2 heterocycles. The molecule has 0 bridgehead atoms. The van der Waals surface area contributed by atoms with Crippen molar-refractivity contribution in [1.29, 1.82) is 0 Å². The number of nitrogens with zero attached hydrogens (tertiary/aromatic N) is 1. The van der Waals surface area contributed by atoms with Gasteiger partial charge < -0.3 is 14.9 Å². The maximum atomic E-state index is 14.1. The standard InChI is InChI=1S/C28H42FNO5S/c1-16-8-7-9-28(15-29)24(35-28)12-20(17(2)10-21-14-36-19(4)30-21)11-22(31)13-23(32)27(5,6)26(34)18(3)25(16)33/h10,14,16,18,20,23-25,32-33H,7-9,11-13,15H2,1-6H3/b17-10+/t16?,18?,20-,23?,24-,25-,28?/m0/s1. The molecule has 36 heavy (non-hydrogen) atoms. The zero-order chi connectivity index (χ0) is 26.8. The minimum Gasteiger partial charge on any atom is -0.392 e. The maximum absolute atomic E-state index is 14.1. The number of thiazole rings is 1. The summed E-state index contributed by atoms with van der Waals surface area (Å²) in [5.41, 5.74) is -0.220. The molecule has 2 N–H and O–H groups in total. The number of ketones is 2. The fraction of sp³-hybridized carbons (Fsp3) is 0.750. The lowest BCUT2D eigenvalue weighted by molar-refractivity contribution is -0.143. The van der Waals surface area contributed by atoms with Gasteiger partial charge in [0.2, 0.25) is 0 Å². The van der Waals surface area contributed by atoms with E-state index in [0.717, 1.165) is 16.3 Å². The number of Topliss-reactive ketones (excluding diaryl/α,β-unsaturated/α-hetero) is 2. The van der Waals surface area contributed by atoms with E-state index < -0.39 is 35.8 Å². The van der Waals surface area contributed by atoms with Gasteiger partial charge in [0, 0.05) is 24.1 Å². The molecular weight excluding hydrogens is 481 g/mol. The number of hydrogen-bond acceptors (Lipinski definition) is 7. The van der Waals surface area contributed by atoms with E-state index in [-0.39, 0.29) is 42.3 Å². The number of aryl methyl sites for hydroxylation is 1. The fourth-order valence-electron chi connectivity index (χ4n) is 5.52. The van der Waals surface area contributed by atoms with E-state index in [0.29, 0.717) is 25.7 Å². The number of carbonyl (C=O) groups is 2. The molecule has 1 aliphatic heterocycles. The van der Waals surface area contributed by atoms with E-state index in [1.54, 1.807) is 32.1 Å². The Balaban J connectivity index is 1.88. The number of alkyl halides is 1. The Morgan fingerprint density at radius 2 is 1.97 bits per heavy atom. The number of aliphatic hydroxyl groups is 2. The summed E-state index contributed by atoms with van der Waals surface area (Å²) in [6, 6.07) is 0. The van der Waals surface area contributed by atoms with Crippen molar-refractivity contribution >= 4 is 29.0 Å². The van der Waals surface area contributed by atoms with E-state index in [1.807, 2.05) is 32.2 Å². The SMILES string of the molecule is C/C(=C\c1csc(C)n1)[C@H]1CC(=O)CC(O)C(C)(C)C(=O)C(C)[C@@H](O)C(C)CCCC2(CF)O[C@H]2C1. The van der Waals surface area contributed by atoms with Crippen molar-refractivity contribution in [1.82, 2.24) is 4.98 Å². The normalized spacial score (nSPS) is 37.0. The average molecular weight is 524 g/mol. The van der Waals surface area contributed by atoms with Crippen LogP contribution < -0.4 is 0 Å². The summed E-state index contributed by atoms with van der Waals surface area (Å²) >= 11 is 1.55. The first-order valence-corrected chi connectivity index (χ1v) is 13.9. The molecule has 1 saturated heterocycles. The summed E-state index contributed by atoms with van der Waals surface area (Å²) in [7, 11) is 0. The minimum absolute atomic E-state index is 0.156. The topological polar surface area (TPSA) is 100 Å². The number of rotatable bonds is 3. The molecule has 0 radical (unpaired) electrons. The van der Waals surface area contributed by atoms with E-state index >= 15 is 0 Å². The van der Waals surface area contributed by atoms with Crippen molar-refractivity contribution in [2.24, 2.45) is 23.2 Å². The van der Waals surface area contributed by atoms with Crippen LogP contribution in [0.4, 0.5) is 4.39 Å². The zero-order valence-corrected chi connectivity index (χ0v) is 23.2. The number of aromatic nitrogens is 1. The van der Waals surface area contributed by atoms with Crippen molar-refractivity contribution in [2.45, 2.75) is 104 Å². The Labute approximate surface area is 218 Å². The zero-order valence-electron chi connectivity index (χ0n) is 22.4. The van der Waals surface area contributed by atoms with Gasteiger partial charge in [0.1, 0.15) is 23.8 Å². The van der Waals surface area contributed by atoms with Crippen LogP contribution in [0.1, 0.15) is 83.8 Å². The number of ether oxygens (including phenoxy) is 1. The molecule has 0 spiro atoms. The summed E-state index contributed by atoms with van der Waals surface area (Å²) in [4.78, 5) is 30.9. The molecule has 7 atom stereocenters. The number of fused-ring (bicyclic) bond motifs is 1. The molecule has 2 aliphatic rings. The molecule has 0 aromatic carbocycles. The fourth-order valence-corrected chi connectivity index (χ4v) is 6.09. The summed E-state index contributed by atoms with van der Waals surface area (Å²) in [5.74, 6) is -1.45. The highest BCUT2D eigenvalue weighted by Crippen LogP contribution is 2.47.